The highest BCUT2D eigenvalue weighted by atomic mass is 79.9. The highest BCUT2D eigenvalue weighted by molar-refractivity contribution is 9.10. The highest BCUT2D eigenvalue weighted by Crippen LogP contribution is 2.38. The summed E-state index contributed by atoms with van der Waals surface area (Å²) < 4.78 is -0.353. The first-order valence-corrected chi connectivity index (χ1v) is 9.23. The average Bonchev–Trinajstić information content (AvgIpc) is 2.27. The lowest BCUT2D eigenvalue weighted by Crippen LogP contribution is -2.45. The van der Waals surface area contributed by atoms with E-state index in [1.54, 1.807) is 6.92 Å². The number of aliphatic hydroxyl groups is 1. The molecule has 5 atom stereocenters. The summed E-state index contributed by atoms with van der Waals surface area (Å²) in [4.78, 5) is -0.904. The van der Waals surface area contributed by atoms with Gasteiger partial charge < -0.3 is 5.11 Å². The van der Waals surface area contributed by atoms with E-state index >= 15 is 0 Å². The Bertz CT molecular complexity index is 239. The van der Waals surface area contributed by atoms with Gasteiger partial charge in [-0.15, -0.1) is 34.8 Å². The van der Waals surface area contributed by atoms with Gasteiger partial charge in [0.05, 0.1) is 20.7 Å². The molecule has 0 bridgehead atoms. The zero-order chi connectivity index (χ0) is 13.9. The van der Waals surface area contributed by atoms with Gasteiger partial charge in [0, 0.05) is 16.0 Å². The van der Waals surface area contributed by atoms with E-state index in [0.717, 1.165) is 0 Å². The van der Waals surface area contributed by atoms with Gasteiger partial charge >= 0.3 is 0 Å². The average molecular weight is 498 g/mol. The molecule has 0 rings (SSSR count). The Morgan fingerprint density at radius 1 is 1.35 bits per heavy atom. The Labute approximate surface area is 143 Å². The van der Waals surface area contributed by atoms with Crippen LogP contribution in [0.15, 0.2) is 0 Å². The summed E-state index contributed by atoms with van der Waals surface area (Å²) in [5.74, 6) is 0.404. The molecular weight excluding hydrogens is 482 g/mol. The van der Waals surface area contributed by atoms with Gasteiger partial charge in [0.15, 0.2) is 0 Å². The van der Waals surface area contributed by atoms with Crippen molar-refractivity contribution in [3.63, 3.8) is 0 Å². The Kier molecular flexibility index (Phi) is 8.95. The van der Waals surface area contributed by atoms with E-state index in [-0.39, 0.29) is 14.5 Å². The summed E-state index contributed by atoms with van der Waals surface area (Å²) in [6.07, 6.45) is -0.0601. The van der Waals surface area contributed by atoms with Crippen LogP contribution in [0, 0.1) is 0 Å². The van der Waals surface area contributed by atoms with E-state index in [4.69, 9.17) is 34.8 Å². The quantitative estimate of drug-likeness (QED) is 0.496. The van der Waals surface area contributed by atoms with Crippen molar-refractivity contribution >= 4 is 82.6 Å². The number of hydrogen-bond acceptors (Lipinski definition) is 1. The second kappa shape index (κ2) is 7.90. The van der Waals surface area contributed by atoms with Crippen molar-refractivity contribution in [3.8, 4) is 0 Å². The molecule has 0 aromatic carbocycles. The smallest absolute Gasteiger partial charge is 0.0836 e. The van der Waals surface area contributed by atoms with Crippen molar-refractivity contribution in [2.45, 2.75) is 45.8 Å². The summed E-state index contributed by atoms with van der Waals surface area (Å²) in [6, 6.07) is 0. The van der Waals surface area contributed by atoms with Crippen LogP contribution in [0.5, 0.6) is 0 Å². The van der Waals surface area contributed by atoms with Gasteiger partial charge in [-0.05, 0) is 20.3 Å². The molecule has 1 nitrogen and oxygen atoms in total. The highest BCUT2D eigenvalue weighted by Gasteiger charge is 2.40. The maximum absolute atomic E-state index is 9.84. The molecule has 0 fully saturated rings. The minimum Gasteiger partial charge on any atom is -0.390 e. The van der Waals surface area contributed by atoms with Crippen molar-refractivity contribution in [3.05, 3.63) is 0 Å². The number of alkyl halides is 6. The molecule has 0 saturated carbocycles. The van der Waals surface area contributed by atoms with Crippen LogP contribution >= 0.6 is 82.6 Å². The normalized spacial score (nSPS) is 24.5. The van der Waals surface area contributed by atoms with Crippen molar-refractivity contribution in [1.82, 2.24) is 0 Å². The summed E-state index contributed by atoms with van der Waals surface area (Å²) in [6.45, 7) is 3.72. The zero-order valence-corrected chi connectivity index (χ0v) is 16.6. The van der Waals surface area contributed by atoms with E-state index in [9.17, 15) is 5.11 Å². The van der Waals surface area contributed by atoms with Crippen LogP contribution in [-0.4, -0.2) is 41.8 Å². The first kappa shape index (κ1) is 19.3. The van der Waals surface area contributed by atoms with E-state index in [0.29, 0.717) is 17.6 Å². The van der Waals surface area contributed by atoms with E-state index in [2.05, 4.69) is 47.8 Å². The van der Waals surface area contributed by atoms with Crippen LogP contribution in [0.3, 0.4) is 0 Å². The molecule has 0 amide bonds. The third-order valence-corrected chi connectivity index (χ3v) is 8.09. The number of halogens is 6. The molecule has 0 heterocycles. The Hall–Kier alpha value is 2.27. The topological polar surface area (TPSA) is 20.2 Å². The van der Waals surface area contributed by atoms with Gasteiger partial charge in [-0.2, -0.15) is 0 Å². The molecule has 0 unspecified atom stereocenters. The molecule has 0 aliphatic carbocycles. The van der Waals surface area contributed by atoms with E-state index < -0.39 is 11.0 Å². The molecule has 0 spiro atoms. The Balaban J connectivity index is 4.59. The van der Waals surface area contributed by atoms with Crippen LogP contribution in [0.1, 0.15) is 20.3 Å². The molecule has 0 saturated heterocycles. The van der Waals surface area contributed by atoms with Gasteiger partial charge in [-0.3, -0.25) is 0 Å². The second-order valence-corrected chi connectivity index (χ2v) is 9.58. The fraction of sp³-hybridized carbons (Fsp3) is 1.00. The summed E-state index contributed by atoms with van der Waals surface area (Å²) in [5.41, 5.74) is 0. The molecule has 104 valence electrons. The van der Waals surface area contributed by atoms with Crippen molar-refractivity contribution in [2.24, 2.45) is 0 Å². The summed E-state index contributed by atoms with van der Waals surface area (Å²) >= 11 is 28.7. The molecular formula is C10H16Br3Cl3O. The third-order valence-electron chi connectivity index (χ3n) is 2.74. The van der Waals surface area contributed by atoms with Gasteiger partial charge in [0.25, 0.3) is 0 Å². The van der Waals surface area contributed by atoms with Gasteiger partial charge in [0.1, 0.15) is 0 Å². The van der Waals surface area contributed by atoms with E-state index in [1.807, 2.05) is 6.92 Å². The van der Waals surface area contributed by atoms with Crippen LogP contribution in [0.2, 0.25) is 0 Å². The number of aliphatic hydroxyl groups excluding tert-OH is 1. The Morgan fingerprint density at radius 2 is 1.82 bits per heavy atom. The fourth-order valence-electron chi connectivity index (χ4n) is 1.10. The summed E-state index contributed by atoms with van der Waals surface area (Å²) in [5, 5.41) is 10.1. The van der Waals surface area contributed by atoms with Crippen molar-refractivity contribution in [1.29, 1.82) is 0 Å². The maximum Gasteiger partial charge on any atom is 0.0836 e. The first-order chi connectivity index (χ1) is 7.59. The SMILES string of the molecule is C[C@@](Cl)([C@H](O)CBr)[C@H](Br)C[C@H](Cl)[C@](C)(Br)CCl. The molecule has 1 N–H and O–H groups in total. The standard InChI is InChI=1S/C10H16Br3Cl3O/c1-9(13,5-14)7(15)3-6(12)10(2,16)8(17)4-11/h6-8,17H,3-5H2,1-2H3/t6-,7+,8-,9-,10+/m1/s1. The number of rotatable bonds is 7. The summed E-state index contributed by atoms with van der Waals surface area (Å²) in [7, 11) is 0. The minimum absolute atomic E-state index is 0.119. The van der Waals surface area contributed by atoms with E-state index in [1.165, 1.54) is 0 Å². The van der Waals surface area contributed by atoms with Crippen LogP contribution in [0.25, 0.3) is 0 Å². The van der Waals surface area contributed by atoms with Crippen LogP contribution in [0.4, 0.5) is 0 Å². The third kappa shape index (κ3) is 5.65. The van der Waals surface area contributed by atoms with Crippen molar-refractivity contribution in [2.75, 3.05) is 11.2 Å². The van der Waals surface area contributed by atoms with Gasteiger partial charge in [0.2, 0.25) is 0 Å². The Morgan fingerprint density at radius 3 is 2.18 bits per heavy atom. The lowest BCUT2D eigenvalue weighted by Gasteiger charge is -2.35. The minimum atomic E-state index is -0.786. The van der Waals surface area contributed by atoms with Crippen LogP contribution in [-0.2, 0) is 0 Å². The maximum atomic E-state index is 9.84. The van der Waals surface area contributed by atoms with Crippen molar-refractivity contribution < 1.29 is 5.11 Å². The van der Waals surface area contributed by atoms with Gasteiger partial charge in [-0.1, -0.05) is 47.8 Å². The fourth-order valence-corrected chi connectivity index (χ4v) is 3.73. The molecule has 0 radical (unpaired) electrons. The predicted octanol–water partition coefficient (Wildman–Crippen LogP) is 4.89. The predicted molar refractivity (Wildman–Crippen MR) is 89.1 cm³/mol. The lowest BCUT2D eigenvalue weighted by atomic mass is 9.94. The second-order valence-electron chi connectivity index (χ2n) is 4.40. The van der Waals surface area contributed by atoms with Gasteiger partial charge in [-0.25, -0.2) is 0 Å². The largest absolute Gasteiger partial charge is 0.390 e. The molecule has 0 aromatic rings. The molecule has 0 aliphatic heterocycles. The zero-order valence-electron chi connectivity index (χ0n) is 9.57. The van der Waals surface area contributed by atoms with Crippen LogP contribution < -0.4 is 0 Å². The first-order valence-electron chi connectivity index (χ1n) is 5.05. The molecule has 0 aromatic heterocycles. The molecule has 17 heavy (non-hydrogen) atoms. The lowest BCUT2D eigenvalue weighted by molar-refractivity contribution is 0.153. The number of hydrogen-bond donors (Lipinski definition) is 1. The monoisotopic (exact) mass is 494 g/mol. The molecule has 0 aliphatic rings. The molecule has 7 heteroatoms.